The standard InChI is InChI=1S/C11H17NO4/c1-11(2,3)16-10(15)8-6-7(9(13)14)4-5-12-8/h6,8,12H,4-5H2,1-3H3,(H,13,14). The van der Waals surface area contributed by atoms with Crippen LogP contribution in [0.4, 0.5) is 0 Å². The molecule has 0 aromatic carbocycles. The van der Waals surface area contributed by atoms with Crippen molar-refractivity contribution < 1.29 is 19.4 Å². The second kappa shape index (κ2) is 4.65. The molecule has 0 aromatic rings. The third kappa shape index (κ3) is 3.66. The number of carboxylic acid groups (broad SMARTS) is 1. The van der Waals surface area contributed by atoms with Gasteiger partial charge in [0.25, 0.3) is 0 Å². The maximum Gasteiger partial charge on any atom is 0.331 e. The van der Waals surface area contributed by atoms with E-state index in [1.165, 1.54) is 6.08 Å². The quantitative estimate of drug-likeness (QED) is 0.679. The van der Waals surface area contributed by atoms with Crippen LogP contribution in [-0.4, -0.2) is 35.2 Å². The molecule has 0 saturated carbocycles. The molecule has 0 aliphatic carbocycles. The van der Waals surface area contributed by atoms with E-state index < -0.39 is 23.6 Å². The fourth-order valence-electron chi connectivity index (χ4n) is 1.40. The zero-order valence-electron chi connectivity index (χ0n) is 9.74. The van der Waals surface area contributed by atoms with Gasteiger partial charge in [-0.05, 0) is 33.3 Å². The van der Waals surface area contributed by atoms with Gasteiger partial charge in [0.2, 0.25) is 0 Å². The van der Waals surface area contributed by atoms with Gasteiger partial charge in [-0.1, -0.05) is 0 Å². The monoisotopic (exact) mass is 227 g/mol. The minimum absolute atomic E-state index is 0.259. The van der Waals surface area contributed by atoms with E-state index in [0.29, 0.717) is 13.0 Å². The van der Waals surface area contributed by atoms with Crippen LogP contribution >= 0.6 is 0 Å². The van der Waals surface area contributed by atoms with Gasteiger partial charge in [-0.2, -0.15) is 0 Å². The van der Waals surface area contributed by atoms with Gasteiger partial charge in [0.15, 0.2) is 0 Å². The Morgan fingerprint density at radius 1 is 1.50 bits per heavy atom. The molecule has 1 rings (SSSR count). The summed E-state index contributed by atoms with van der Waals surface area (Å²) >= 11 is 0. The van der Waals surface area contributed by atoms with Crippen LogP contribution in [0.5, 0.6) is 0 Å². The van der Waals surface area contributed by atoms with Gasteiger partial charge < -0.3 is 15.2 Å². The van der Waals surface area contributed by atoms with Crippen molar-refractivity contribution >= 4 is 11.9 Å². The SMILES string of the molecule is CC(C)(C)OC(=O)C1C=C(C(=O)O)CCN1. The van der Waals surface area contributed by atoms with Gasteiger partial charge in [0, 0.05) is 12.1 Å². The van der Waals surface area contributed by atoms with E-state index >= 15 is 0 Å². The summed E-state index contributed by atoms with van der Waals surface area (Å²) in [5, 5.41) is 11.7. The van der Waals surface area contributed by atoms with Crippen molar-refractivity contribution in [2.75, 3.05) is 6.54 Å². The zero-order chi connectivity index (χ0) is 12.3. The first-order valence-corrected chi connectivity index (χ1v) is 5.20. The Hall–Kier alpha value is -1.36. The first kappa shape index (κ1) is 12.7. The summed E-state index contributed by atoms with van der Waals surface area (Å²) in [4.78, 5) is 22.4. The topological polar surface area (TPSA) is 75.6 Å². The number of ether oxygens (including phenoxy) is 1. The molecule has 90 valence electrons. The maximum atomic E-state index is 11.7. The lowest BCUT2D eigenvalue weighted by Gasteiger charge is -2.25. The van der Waals surface area contributed by atoms with Crippen molar-refractivity contribution in [1.82, 2.24) is 5.32 Å². The lowest BCUT2D eigenvalue weighted by molar-refractivity contribution is -0.156. The van der Waals surface area contributed by atoms with Crippen molar-refractivity contribution in [2.24, 2.45) is 0 Å². The third-order valence-corrected chi connectivity index (χ3v) is 2.06. The number of hydrogen-bond acceptors (Lipinski definition) is 4. The smallest absolute Gasteiger partial charge is 0.331 e. The minimum atomic E-state index is -0.977. The van der Waals surface area contributed by atoms with Gasteiger partial charge in [-0.25, -0.2) is 9.59 Å². The molecule has 2 N–H and O–H groups in total. The van der Waals surface area contributed by atoms with Crippen LogP contribution < -0.4 is 5.32 Å². The molecule has 1 heterocycles. The van der Waals surface area contributed by atoms with E-state index in [-0.39, 0.29) is 5.57 Å². The Bertz CT molecular complexity index is 327. The molecule has 0 aromatic heterocycles. The van der Waals surface area contributed by atoms with Crippen molar-refractivity contribution in [2.45, 2.75) is 38.8 Å². The Balaban J connectivity index is 2.70. The molecule has 5 nitrogen and oxygen atoms in total. The highest BCUT2D eigenvalue weighted by molar-refractivity contribution is 5.89. The summed E-state index contributed by atoms with van der Waals surface area (Å²) in [5.41, 5.74) is -0.303. The average Bonchev–Trinajstić information content (AvgIpc) is 2.15. The van der Waals surface area contributed by atoms with E-state index in [9.17, 15) is 9.59 Å². The van der Waals surface area contributed by atoms with Crippen molar-refractivity contribution in [1.29, 1.82) is 0 Å². The molecular weight excluding hydrogens is 210 g/mol. The zero-order valence-corrected chi connectivity index (χ0v) is 9.74. The lowest BCUT2D eigenvalue weighted by atomic mass is 10.0. The maximum absolute atomic E-state index is 11.7. The van der Waals surface area contributed by atoms with Crippen LogP contribution in [0, 0.1) is 0 Å². The van der Waals surface area contributed by atoms with Crippen molar-refractivity contribution in [3.05, 3.63) is 11.6 Å². The molecule has 5 heteroatoms. The second-order valence-corrected chi connectivity index (χ2v) is 4.71. The third-order valence-electron chi connectivity index (χ3n) is 2.06. The Morgan fingerprint density at radius 3 is 2.62 bits per heavy atom. The van der Waals surface area contributed by atoms with Gasteiger partial charge in [-0.3, -0.25) is 0 Å². The molecule has 0 bridgehead atoms. The predicted octanol–water partition coefficient (Wildman–Crippen LogP) is 0.701. The predicted molar refractivity (Wildman–Crippen MR) is 58.0 cm³/mol. The number of carbonyl (C=O) groups excluding carboxylic acids is 1. The lowest BCUT2D eigenvalue weighted by Crippen LogP contribution is -2.43. The van der Waals surface area contributed by atoms with E-state index in [2.05, 4.69) is 5.32 Å². The molecule has 0 spiro atoms. The Labute approximate surface area is 94.5 Å². The molecule has 1 aliphatic rings. The number of aliphatic carboxylic acids is 1. The van der Waals surface area contributed by atoms with Gasteiger partial charge in [0.1, 0.15) is 11.6 Å². The molecule has 0 fully saturated rings. The largest absolute Gasteiger partial charge is 0.478 e. The van der Waals surface area contributed by atoms with E-state index in [0.717, 1.165) is 0 Å². The number of rotatable bonds is 2. The number of esters is 1. The summed E-state index contributed by atoms with van der Waals surface area (Å²) in [6.45, 7) is 5.79. The highest BCUT2D eigenvalue weighted by atomic mass is 16.6. The van der Waals surface area contributed by atoms with Crippen LogP contribution in [0.25, 0.3) is 0 Å². The highest BCUT2D eigenvalue weighted by Gasteiger charge is 2.27. The average molecular weight is 227 g/mol. The van der Waals surface area contributed by atoms with E-state index in [1.54, 1.807) is 20.8 Å². The molecule has 1 unspecified atom stereocenters. The Kier molecular flexibility index (Phi) is 3.70. The van der Waals surface area contributed by atoms with E-state index in [4.69, 9.17) is 9.84 Å². The first-order valence-electron chi connectivity index (χ1n) is 5.20. The van der Waals surface area contributed by atoms with Crippen LogP contribution in [0.2, 0.25) is 0 Å². The van der Waals surface area contributed by atoms with Gasteiger partial charge >= 0.3 is 11.9 Å². The summed E-state index contributed by atoms with van der Waals surface area (Å²) in [6, 6.07) is -0.654. The number of nitrogens with one attached hydrogen (secondary N) is 1. The van der Waals surface area contributed by atoms with Gasteiger partial charge in [0.05, 0.1) is 0 Å². The van der Waals surface area contributed by atoms with E-state index in [1.807, 2.05) is 0 Å². The van der Waals surface area contributed by atoms with Crippen LogP contribution in [0.15, 0.2) is 11.6 Å². The Morgan fingerprint density at radius 2 is 2.12 bits per heavy atom. The molecule has 0 amide bonds. The summed E-state index contributed by atoms with van der Waals surface area (Å²) < 4.78 is 5.17. The van der Waals surface area contributed by atoms with Gasteiger partial charge in [-0.15, -0.1) is 0 Å². The summed E-state index contributed by atoms with van der Waals surface area (Å²) in [6.07, 6.45) is 1.84. The normalized spacial score (nSPS) is 21.2. The van der Waals surface area contributed by atoms with Crippen LogP contribution in [0.1, 0.15) is 27.2 Å². The molecule has 0 saturated heterocycles. The minimum Gasteiger partial charge on any atom is -0.478 e. The highest BCUT2D eigenvalue weighted by Crippen LogP contribution is 2.13. The fraction of sp³-hybridized carbons (Fsp3) is 0.636. The van der Waals surface area contributed by atoms with Crippen molar-refractivity contribution in [3.8, 4) is 0 Å². The molecule has 1 atom stereocenters. The first-order chi connectivity index (χ1) is 7.29. The van der Waals surface area contributed by atoms with Crippen LogP contribution in [0.3, 0.4) is 0 Å². The number of carboxylic acids is 1. The van der Waals surface area contributed by atoms with Crippen molar-refractivity contribution in [3.63, 3.8) is 0 Å². The molecule has 16 heavy (non-hydrogen) atoms. The molecular formula is C11H17NO4. The number of hydrogen-bond donors (Lipinski definition) is 2. The summed E-state index contributed by atoms with van der Waals surface area (Å²) in [7, 11) is 0. The molecule has 0 radical (unpaired) electrons. The number of carbonyl (C=O) groups is 2. The summed E-state index contributed by atoms with van der Waals surface area (Å²) in [5.74, 6) is -1.42. The second-order valence-electron chi connectivity index (χ2n) is 4.71. The molecule has 1 aliphatic heterocycles. The fourth-order valence-corrected chi connectivity index (χ4v) is 1.40. The van der Waals surface area contributed by atoms with Crippen LogP contribution in [-0.2, 0) is 14.3 Å².